The normalized spacial score (nSPS) is 18.1. The lowest BCUT2D eigenvalue weighted by Gasteiger charge is -2.17. The van der Waals surface area contributed by atoms with Crippen LogP contribution in [0.2, 0.25) is 0 Å². The molecule has 2 aromatic rings. The molecule has 0 atom stereocenters. The van der Waals surface area contributed by atoms with E-state index in [4.69, 9.17) is 0 Å². The minimum Gasteiger partial charge on any atom is -0.0622 e. The zero-order valence-corrected chi connectivity index (χ0v) is 17.7. The van der Waals surface area contributed by atoms with E-state index >= 15 is 0 Å². The van der Waals surface area contributed by atoms with Gasteiger partial charge in [0.1, 0.15) is 0 Å². The highest BCUT2D eigenvalue weighted by Crippen LogP contribution is 2.32. The Morgan fingerprint density at radius 2 is 0.714 bits per heavy atom. The zero-order chi connectivity index (χ0) is 19.3. The van der Waals surface area contributed by atoms with Crippen molar-refractivity contribution >= 4 is 5.57 Å². The molecule has 0 N–H and O–H groups in total. The van der Waals surface area contributed by atoms with Gasteiger partial charge < -0.3 is 0 Å². The van der Waals surface area contributed by atoms with Crippen LogP contribution in [0.15, 0.2) is 66.2 Å². The maximum atomic E-state index is 2.30. The largest absolute Gasteiger partial charge is 0.0622 e. The van der Waals surface area contributed by atoms with Crippen molar-refractivity contribution in [2.75, 3.05) is 0 Å². The molecule has 0 aromatic heterocycles. The summed E-state index contributed by atoms with van der Waals surface area (Å²) in [7, 11) is 0. The Labute approximate surface area is 173 Å². The third kappa shape index (κ3) is 6.97. The molecular formula is C28H38. The van der Waals surface area contributed by atoms with Gasteiger partial charge in [-0.2, -0.15) is 0 Å². The second-order valence-electron chi connectivity index (χ2n) is 8.45. The van der Waals surface area contributed by atoms with Crippen molar-refractivity contribution in [2.24, 2.45) is 0 Å². The Kier molecular flexibility index (Phi) is 9.41. The monoisotopic (exact) mass is 374 g/mol. The van der Waals surface area contributed by atoms with E-state index in [1.807, 2.05) is 0 Å². The second kappa shape index (κ2) is 12.6. The maximum absolute atomic E-state index is 2.30. The Morgan fingerprint density at radius 3 is 1.07 bits per heavy atom. The molecule has 2 aromatic carbocycles. The summed E-state index contributed by atoms with van der Waals surface area (Å²) in [6, 6.07) is 22.2. The number of benzene rings is 2. The van der Waals surface area contributed by atoms with Crippen LogP contribution in [0.1, 0.15) is 101 Å². The van der Waals surface area contributed by atoms with E-state index in [-0.39, 0.29) is 0 Å². The standard InChI is InChI=1S/C28H38/c1-2-4-6-8-10-14-20-25(19-13-9-7-5-3-1)28(26-21-15-11-16-22-26)27-23-17-12-18-24-27/h11-12,15-18,21-24H,1-10,13-14,19-20H2. The molecule has 0 bridgehead atoms. The van der Waals surface area contributed by atoms with Crippen LogP contribution in [-0.4, -0.2) is 0 Å². The molecule has 1 aliphatic rings. The minimum atomic E-state index is 1.26. The Morgan fingerprint density at radius 1 is 0.393 bits per heavy atom. The van der Waals surface area contributed by atoms with Gasteiger partial charge in [0.25, 0.3) is 0 Å². The predicted molar refractivity (Wildman–Crippen MR) is 124 cm³/mol. The van der Waals surface area contributed by atoms with Gasteiger partial charge in [0.2, 0.25) is 0 Å². The van der Waals surface area contributed by atoms with Gasteiger partial charge in [-0.25, -0.2) is 0 Å². The van der Waals surface area contributed by atoms with Gasteiger partial charge in [-0.1, -0.05) is 130 Å². The lowest BCUT2D eigenvalue weighted by Crippen LogP contribution is -1.97. The first-order valence-electron chi connectivity index (χ1n) is 11.8. The van der Waals surface area contributed by atoms with Crippen LogP contribution < -0.4 is 0 Å². The molecule has 1 saturated carbocycles. The smallest absolute Gasteiger partial charge is 0.0119 e. The van der Waals surface area contributed by atoms with Gasteiger partial charge >= 0.3 is 0 Å². The lowest BCUT2D eigenvalue weighted by molar-refractivity contribution is 0.548. The van der Waals surface area contributed by atoms with Crippen molar-refractivity contribution in [3.8, 4) is 0 Å². The average molecular weight is 375 g/mol. The number of allylic oxidation sites excluding steroid dienone is 1. The molecule has 28 heavy (non-hydrogen) atoms. The van der Waals surface area contributed by atoms with Crippen molar-refractivity contribution < 1.29 is 0 Å². The van der Waals surface area contributed by atoms with Crippen LogP contribution in [0.4, 0.5) is 0 Å². The van der Waals surface area contributed by atoms with Crippen LogP contribution in [0.3, 0.4) is 0 Å². The van der Waals surface area contributed by atoms with Crippen LogP contribution in [0.25, 0.3) is 5.57 Å². The highest BCUT2D eigenvalue weighted by Gasteiger charge is 2.12. The second-order valence-corrected chi connectivity index (χ2v) is 8.45. The zero-order valence-electron chi connectivity index (χ0n) is 17.7. The fourth-order valence-corrected chi connectivity index (χ4v) is 4.60. The molecule has 0 heteroatoms. The van der Waals surface area contributed by atoms with Gasteiger partial charge in [-0.05, 0) is 42.4 Å². The summed E-state index contributed by atoms with van der Waals surface area (Å²) in [5.41, 5.74) is 5.97. The highest BCUT2D eigenvalue weighted by atomic mass is 14.2. The van der Waals surface area contributed by atoms with E-state index in [0.717, 1.165) is 0 Å². The SMILES string of the molecule is c1ccc(C(=C2CCCCCCCCCCCCCC2)c2ccccc2)cc1. The highest BCUT2D eigenvalue weighted by molar-refractivity contribution is 5.82. The third-order valence-corrected chi connectivity index (χ3v) is 6.19. The molecule has 0 heterocycles. The van der Waals surface area contributed by atoms with Gasteiger partial charge in [0, 0.05) is 0 Å². The molecule has 0 saturated heterocycles. The molecule has 1 aliphatic carbocycles. The first kappa shape index (κ1) is 20.9. The molecule has 0 spiro atoms. The van der Waals surface area contributed by atoms with Crippen molar-refractivity contribution in [1.82, 2.24) is 0 Å². The van der Waals surface area contributed by atoms with E-state index in [1.54, 1.807) is 5.57 Å². The summed E-state index contributed by atoms with van der Waals surface area (Å²) in [6.07, 6.45) is 19.5. The van der Waals surface area contributed by atoms with Crippen LogP contribution in [0.5, 0.6) is 0 Å². The number of hydrogen-bond acceptors (Lipinski definition) is 0. The van der Waals surface area contributed by atoms with Gasteiger partial charge in [-0.15, -0.1) is 0 Å². The summed E-state index contributed by atoms with van der Waals surface area (Å²) >= 11 is 0. The van der Waals surface area contributed by atoms with Crippen molar-refractivity contribution in [3.63, 3.8) is 0 Å². The molecule has 0 amide bonds. The van der Waals surface area contributed by atoms with E-state index in [2.05, 4.69) is 60.7 Å². The lowest BCUT2D eigenvalue weighted by atomic mass is 9.87. The summed E-state index contributed by atoms with van der Waals surface area (Å²) in [6.45, 7) is 0. The van der Waals surface area contributed by atoms with Gasteiger partial charge in [0.15, 0.2) is 0 Å². The molecule has 0 nitrogen and oxygen atoms in total. The van der Waals surface area contributed by atoms with Crippen LogP contribution >= 0.6 is 0 Å². The van der Waals surface area contributed by atoms with E-state index in [0.29, 0.717) is 0 Å². The summed E-state index contributed by atoms with van der Waals surface area (Å²) in [5.74, 6) is 0. The maximum Gasteiger partial charge on any atom is -0.0119 e. The van der Waals surface area contributed by atoms with Crippen molar-refractivity contribution in [2.45, 2.75) is 89.9 Å². The Hall–Kier alpha value is -1.82. The van der Waals surface area contributed by atoms with Gasteiger partial charge in [0.05, 0.1) is 0 Å². The van der Waals surface area contributed by atoms with Crippen molar-refractivity contribution in [1.29, 1.82) is 0 Å². The fraction of sp³-hybridized carbons (Fsp3) is 0.500. The quantitative estimate of drug-likeness (QED) is 0.492. The average Bonchev–Trinajstić information content (AvgIpc) is 2.76. The number of hydrogen-bond donors (Lipinski definition) is 0. The van der Waals surface area contributed by atoms with Crippen LogP contribution in [-0.2, 0) is 0 Å². The Balaban J connectivity index is 1.84. The fourth-order valence-electron chi connectivity index (χ4n) is 4.60. The first-order valence-corrected chi connectivity index (χ1v) is 11.8. The van der Waals surface area contributed by atoms with E-state index < -0.39 is 0 Å². The van der Waals surface area contributed by atoms with Gasteiger partial charge in [-0.3, -0.25) is 0 Å². The molecule has 150 valence electrons. The molecule has 1 fully saturated rings. The minimum absolute atomic E-state index is 1.26. The number of rotatable bonds is 2. The molecular weight excluding hydrogens is 336 g/mol. The van der Waals surface area contributed by atoms with E-state index in [9.17, 15) is 0 Å². The van der Waals surface area contributed by atoms with Crippen molar-refractivity contribution in [3.05, 3.63) is 77.4 Å². The Bertz CT molecular complexity index is 621. The third-order valence-electron chi connectivity index (χ3n) is 6.19. The molecule has 3 rings (SSSR count). The van der Waals surface area contributed by atoms with Crippen LogP contribution in [0, 0.1) is 0 Å². The topological polar surface area (TPSA) is 0 Å². The molecule has 0 unspecified atom stereocenters. The first-order chi connectivity index (χ1) is 13.9. The predicted octanol–water partition coefficient (Wildman–Crippen LogP) is 8.96. The van der Waals surface area contributed by atoms with E-state index in [1.165, 1.54) is 107 Å². The molecule has 0 aliphatic heterocycles. The summed E-state index contributed by atoms with van der Waals surface area (Å²) in [4.78, 5) is 0. The molecule has 0 radical (unpaired) electrons. The summed E-state index contributed by atoms with van der Waals surface area (Å²) < 4.78 is 0. The summed E-state index contributed by atoms with van der Waals surface area (Å²) in [5, 5.41) is 0.